The summed E-state index contributed by atoms with van der Waals surface area (Å²) in [7, 11) is 2.01. The second-order valence-electron chi connectivity index (χ2n) is 4.60. The summed E-state index contributed by atoms with van der Waals surface area (Å²) >= 11 is 0. The van der Waals surface area contributed by atoms with Crippen LogP contribution in [-0.2, 0) is 0 Å². The Morgan fingerprint density at radius 3 is 3.06 bits per heavy atom. The molecule has 0 aliphatic carbocycles. The first-order valence-electron chi connectivity index (χ1n) is 6.24. The van der Waals surface area contributed by atoms with Gasteiger partial charge in [-0.2, -0.15) is 0 Å². The number of likely N-dealkylation sites (N-methyl/N-ethyl adjacent to an activating group) is 2. The predicted octanol–water partition coefficient (Wildman–Crippen LogP) is 2.01. The van der Waals surface area contributed by atoms with Crippen molar-refractivity contribution in [2.45, 2.75) is 25.8 Å². The number of aldehydes is 1. The van der Waals surface area contributed by atoms with Gasteiger partial charge in [-0.15, -0.1) is 0 Å². The second-order valence-corrected chi connectivity index (χ2v) is 4.60. The van der Waals surface area contributed by atoms with E-state index in [-0.39, 0.29) is 0 Å². The van der Waals surface area contributed by atoms with E-state index >= 15 is 0 Å². The van der Waals surface area contributed by atoms with Gasteiger partial charge in [0.25, 0.3) is 0 Å². The Morgan fingerprint density at radius 2 is 2.41 bits per heavy atom. The minimum atomic E-state index is 0.394. The maximum absolute atomic E-state index is 10.6. The van der Waals surface area contributed by atoms with Gasteiger partial charge in [-0.1, -0.05) is 6.92 Å². The van der Waals surface area contributed by atoms with Gasteiger partial charge in [0.05, 0.1) is 0 Å². The number of likely N-dealkylation sites (tertiary alicyclic amines) is 1. The van der Waals surface area contributed by atoms with Crippen LogP contribution >= 0.6 is 0 Å². The van der Waals surface area contributed by atoms with Crippen molar-refractivity contribution in [3.63, 3.8) is 0 Å². The fraction of sp³-hybridized carbons (Fsp3) is 0.615. The number of carbonyl (C=O) groups is 1. The number of rotatable bonds is 5. The van der Waals surface area contributed by atoms with E-state index in [4.69, 9.17) is 4.42 Å². The largest absolute Gasteiger partial charge is 0.438 e. The number of hydrogen-bond donors (Lipinski definition) is 0. The molecule has 0 radical (unpaired) electrons. The molecule has 1 aliphatic rings. The van der Waals surface area contributed by atoms with Crippen molar-refractivity contribution in [2.24, 2.45) is 0 Å². The molecule has 17 heavy (non-hydrogen) atoms. The third-order valence-electron chi connectivity index (χ3n) is 3.49. The fourth-order valence-electron chi connectivity index (χ4n) is 2.54. The van der Waals surface area contributed by atoms with Crippen LogP contribution in [0, 0.1) is 0 Å². The van der Waals surface area contributed by atoms with Crippen LogP contribution < -0.4 is 4.90 Å². The van der Waals surface area contributed by atoms with E-state index in [0.717, 1.165) is 25.3 Å². The first-order valence-corrected chi connectivity index (χ1v) is 6.24. The Hall–Kier alpha value is -1.29. The quantitative estimate of drug-likeness (QED) is 0.733. The van der Waals surface area contributed by atoms with Gasteiger partial charge in [0.15, 0.2) is 17.9 Å². The van der Waals surface area contributed by atoms with E-state index < -0.39 is 0 Å². The minimum Gasteiger partial charge on any atom is -0.438 e. The molecular weight excluding hydrogens is 216 g/mol. The SMILES string of the molecule is CCN1CCCC1CN(C)c1ccc(C=O)o1. The third-order valence-corrected chi connectivity index (χ3v) is 3.49. The summed E-state index contributed by atoms with van der Waals surface area (Å²) in [6.07, 6.45) is 3.27. The predicted molar refractivity (Wildman–Crippen MR) is 67.6 cm³/mol. The number of hydrogen-bond acceptors (Lipinski definition) is 4. The Labute approximate surface area is 102 Å². The third kappa shape index (κ3) is 2.69. The zero-order valence-corrected chi connectivity index (χ0v) is 10.6. The van der Waals surface area contributed by atoms with E-state index in [1.807, 2.05) is 13.1 Å². The van der Waals surface area contributed by atoms with Gasteiger partial charge >= 0.3 is 0 Å². The van der Waals surface area contributed by atoms with Crippen LogP contribution in [0.2, 0.25) is 0 Å². The van der Waals surface area contributed by atoms with E-state index in [0.29, 0.717) is 11.8 Å². The summed E-state index contributed by atoms with van der Waals surface area (Å²) in [6.45, 7) is 5.47. The van der Waals surface area contributed by atoms with Crippen molar-refractivity contribution in [3.05, 3.63) is 17.9 Å². The maximum atomic E-state index is 10.6. The normalized spacial score (nSPS) is 20.7. The molecule has 4 heteroatoms. The molecule has 0 saturated carbocycles. The highest BCUT2D eigenvalue weighted by atomic mass is 16.4. The summed E-state index contributed by atoms with van der Waals surface area (Å²) in [5, 5.41) is 0. The highest BCUT2D eigenvalue weighted by Crippen LogP contribution is 2.21. The molecule has 0 spiro atoms. The zero-order chi connectivity index (χ0) is 12.3. The summed E-state index contributed by atoms with van der Waals surface area (Å²) in [5.74, 6) is 1.17. The van der Waals surface area contributed by atoms with E-state index in [2.05, 4.69) is 16.7 Å². The average molecular weight is 236 g/mol. The maximum Gasteiger partial charge on any atom is 0.196 e. The summed E-state index contributed by atoms with van der Waals surface area (Å²) < 4.78 is 5.41. The molecule has 2 heterocycles. The standard InChI is InChI=1S/C13H20N2O2/c1-3-15-8-4-5-11(15)9-14(2)13-7-6-12(10-16)17-13/h6-7,10-11H,3-5,8-9H2,1-2H3. The van der Waals surface area contributed by atoms with Crippen LogP contribution in [-0.4, -0.2) is 43.9 Å². The van der Waals surface area contributed by atoms with Crippen molar-refractivity contribution in [1.29, 1.82) is 0 Å². The van der Waals surface area contributed by atoms with E-state index in [1.165, 1.54) is 19.4 Å². The molecule has 0 N–H and O–H groups in total. The average Bonchev–Trinajstić information content (AvgIpc) is 2.96. The van der Waals surface area contributed by atoms with Gasteiger partial charge in [-0.25, -0.2) is 0 Å². The second kappa shape index (κ2) is 5.36. The molecule has 1 unspecified atom stereocenters. The lowest BCUT2D eigenvalue weighted by Crippen LogP contribution is -2.38. The molecule has 0 aromatic carbocycles. The Morgan fingerprint density at radius 1 is 1.59 bits per heavy atom. The minimum absolute atomic E-state index is 0.394. The molecule has 0 amide bonds. The monoisotopic (exact) mass is 236 g/mol. The topological polar surface area (TPSA) is 36.7 Å². The molecule has 1 aromatic heterocycles. The molecule has 1 aliphatic heterocycles. The van der Waals surface area contributed by atoms with E-state index in [1.54, 1.807) is 6.07 Å². The first kappa shape index (κ1) is 12.2. The zero-order valence-electron chi connectivity index (χ0n) is 10.6. The van der Waals surface area contributed by atoms with Gasteiger partial charge in [-0.3, -0.25) is 9.69 Å². The first-order chi connectivity index (χ1) is 8.24. The summed E-state index contributed by atoms with van der Waals surface area (Å²) in [4.78, 5) is 15.2. The fourth-order valence-corrected chi connectivity index (χ4v) is 2.54. The smallest absolute Gasteiger partial charge is 0.196 e. The number of anilines is 1. The Kier molecular flexibility index (Phi) is 3.84. The van der Waals surface area contributed by atoms with Crippen LogP contribution in [0.5, 0.6) is 0 Å². The molecule has 4 nitrogen and oxygen atoms in total. The van der Waals surface area contributed by atoms with Crippen molar-refractivity contribution in [1.82, 2.24) is 4.90 Å². The van der Waals surface area contributed by atoms with E-state index in [9.17, 15) is 4.79 Å². The lowest BCUT2D eigenvalue weighted by molar-refractivity contribution is 0.110. The van der Waals surface area contributed by atoms with Crippen molar-refractivity contribution >= 4 is 12.2 Å². The van der Waals surface area contributed by atoms with Crippen LogP contribution in [0.15, 0.2) is 16.5 Å². The lowest BCUT2D eigenvalue weighted by Gasteiger charge is -2.27. The molecule has 1 aromatic rings. The molecular formula is C13H20N2O2. The summed E-state index contributed by atoms with van der Waals surface area (Å²) in [5.41, 5.74) is 0. The number of nitrogens with zero attached hydrogens (tertiary/aromatic N) is 2. The molecule has 0 bridgehead atoms. The molecule has 1 atom stereocenters. The van der Waals surface area contributed by atoms with Crippen molar-refractivity contribution in [2.75, 3.05) is 31.6 Å². The number of furan rings is 1. The van der Waals surface area contributed by atoms with Gasteiger partial charge in [-0.05, 0) is 32.0 Å². The van der Waals surface area contributed by atoms with Gasteiger partial charge in [0.2, 0.25) is 0 Å². The van der Waals surface area contributed by atoms with Crippen LogP contribution in [0.4, 0.5) is 5.88 Å². The molecule has 2 rings (SSSR count). The van der Waals surface area contributed by atoms with Gasteiger partial charge in [0, 0.05) is 25.7 Å². The van der Waals surface area contributed by atoms with Crippen molar-refractivity contribution < 1.29 is 9.21 Å². The lowest BCUT2D eigenvalue weighted by atomic mass is 10.2. The Bertz CT molecular complexity index is 375. The Balaban J connectivity index is 1.96. The molecule has 1 fully saturated rings. The molecule has 1 saturated heterocycles. The highest BCUT2D eigenvalue weighted by Gasteiger charge is 2.24. The van der Waals surface area contributed by atoms with Gasteiger partial charge in [0.1, 0.15) is 0 Å². The van der Waals surface area contributed by atoms with Gasteiger partial charge < -0.3 is 9.32 Å². The number of carbonyl (C=O) groups excluding carboxylic acids is 1. The highest BCUT2D eigenvalue weighted by molar-refractivity contribution is 5.71. The van der Waals surface area contributed by atoms with Crippen LogP contribution in [0.3, 0.4) is 0 Å². The van der Waals surface area contributed by atoms with Crippen LogP contribution in [0.25, 0.3) is 0 Å². The summed E-state index contributed by atoms with van der Waals surface area (Å²) in [6, 6.07) is 4.18. The molecule has 94 valence electrons. The van der Waals surface area contributed by atoms with Crippen LogP contribution in [0.1, 0.15) is 30.3 Å². The van der Waals surface area contributed by atoms with Crippen molar-refractivity contribution in [3.8, 4) is 0 Å².